The number of hydrogen-bond donors (Lipinski definition) is 2. The summed E-state index contributed by atoms with van der Waals surface area (Å²) in [6.45, 7) is 5.56. The highest BCUT2D eigenvalue weighted by Gasteiger charge is 2.45. The van der Waals surface area contributed by atoms with Gasteiger partial charge < -0.3 is 20.1 Å². The highest BCUT2D eigenvalue weighted by molar-refractivity contribution is 5.75. The lowest BCUT2D eigenvalue weighted by Crippen LogP contribution is -2.34. The lowest BCUT2D eigenvalue weighted by Gasteiger charge is -2.33. The van der Waals surface area contributed by atoms with Gasteiger partial charge in [-0.1, -0.05) is 43.0 Å². The zero-order chi connectivity index (χ0) is 21.4. The van der Waals surface area contributed by atoms with Crippen molar-refractivity contribution in [2.24, 2.45) is 0 Å². The molecule has 1 fully saturated rings. The molecule has 0 bridgehead atoms. The van der Waals surface area contributed by atoms with Crippen LogP contribution in [0, 0.1) is 5.82 Å². The van der Waals surface area contributed by atoms with Crippen molar-refractivity contribution in [1.29, 1.82) is 0 Å². The fraction of sp³-hybridized carbons (Fsp3) is 0.240. The van der Waals surface area contributed by atoms with Crippen LogP contribution in [0.3, 0.4) is 0 Å². The number of aliphatic hydroxyl groups excluding tert-OH is 1. The lowest BCUT2D eigenvalue weighted by molar-refractivity contribution is 0.306. The van der Waals surface area contributed by atoms with Gasteiger partial charge in [0.15, 0.2) is 5.82 Å². The standard InChI is InChI=1S/C25H24FN3O2/c1-17(30)19-4-6-20(7-5-19)25(11-12-25)28-24-23-22(10-13-27-24)31-15-14-29(23)16-18-2-8-21(26)9-3-18/h2-10,13,30H,1,11-12,14-16H2,(H,27,28). The van der Waals surface area contributed by atoms with Gasteiger partial charge in [-0.05, 0) is 36.1 Å². The minimum absolute atomic E-state index is 0.0664. The number of aliphatic hydroxyl groups is 1. The zero-order valence-electron chi connectivity index (χ0n) is 17.1. The Labute approximate surface area is 180 Å². The minimum atomic E-state index is -0.235. The third-order valence-electron chi connectivity index (χ3n) is 5.99. The van der Waals surface area contributed by atoms with Crippen LogP contribution in [-0.4, -0.2) is 23.2 Å². The molecular formula is C25H24FN3O2. The maximum atomic E-state index is 13.3. The molecule has 3 aromatic rings. The molecule has 158 valence electrons. The van der Waals surface area contributed by atoms with E-state index >= 15 is 0 Å². The molecule has 0 spiro atoms. The van der Waals surface area contributed by atoms with Gasteiger partial charge in [-0.2, -0.15) is 0 Å². The van der Waals surface area contributed by atoms with E-state index < -0.39 is 0 Å². The van der Waals surface area contributed by atoms with Crippen molar-refractivity contribution in [3.63, 3.8) is 0 Å². The Kier molecular flexibility index (Phi) is 4.77. The van der Waals surface area contributed by atoms with Crippen LogP contribution in [-0.2, 0) is 12.1 Å². The Bertz CT molecular complexity index is 1110. The number of nitrogens with zero attached hydrogens (tertiary/aromatic N) is 2. The number of halogens is 1. The van der Waals surface area contributed by atoms with Gasteiger partial charge in [0.25, 0.3) is 0 Å². The van der Waals surface area contributed by atoms with E-state index in [-0.39, 0.29) is 17.1 Å². The summed E-state index contributed by atoms with van der Waals surface area (Å²) in [4.78, 5) is 6.88. The summed E-state index contributed by atoms with van der Waals surface area (Å²) in [6, 6.07) is 16.3. The molecule has 5 nitrogen and oxygen atoms in total. The maximum Gasteiger partial charge on any atom is 0.154 e. The average Bonchev–Trinajstić information content (AvgIpc) is 3.56. The first-order valence-corrected chi connectivity index (χ1v) is 10.4. The molecule has 2 heterocycles. The first-order valence-electron chi connectivity index (χ1n) is 10.4. The lowest BCUT2D eigenvalue weighted by atomic mass is 10.0. The molecule has 1 aliphatic carbocycles. The first kappa shape index (κ1) is 19.4. The summed E-state index contributed by atoms with van der Waals surface area (Å²) in [7, 11) is 0. The third kappa shape index (κ3) is 3.81. The zero-order valence-corrected chi connectivity index (χ0v) is 17.1. The van der Waals surface area contributed by atoms with Crippen molar-refractivity contribution >= 4 is 17.3 Å². The van der Waals surface area contributed by atoms with E-state index in [1.807, 2.05) is 42.5 Å². The van der Waals surface area contributed by atoms with E-state index in [0.29, 0.717) is 18.7 Å². The number of ether oxygens (including phenoxy) is 1. The summed E-state index contributed by atoms with van der Waals surface area (Å²) in [5.41, 5.74) is 3.65. The van der Waals surface area contributed by atoms with Gasteiger partial charge in [0.05, 0.1) is 12.1 Å². The largest absolute Gasteiger partial charge is 0.508 e. The van der Waals surface area contributed by atoms with Crippen molar-refractivity contribution in [2.45, 2.75) is 24.9 Å². The monoisotopic (exact) mass is 417 g/mol. The van der Waals surface area contributed by atoms with Gasteiger partial charge in [0, 0.05) is 24.4 Å². The van der Waals surface area contributed by atoms with Gasteiger partial charge in [-0.15, -0.1) is 0 Å². The number of rotatable bonds is 6. The molecule has 1 aromatic heterocycles. The first-order chi connectivity index (χ1) is 15.0. The molecular weight excluding hydrogens is 393 g/mol. The maximum absolute atomic E-state index is 13.3. The molecule has 31 heavy (non-hydrogen) atoms. The van der Waals surface area contributed by atoms with Crippen molar-refractivity contribution in [3.05, 3.63) is 89.9 Å². The van der Waals surface area contributed by atoms with E-state index in [4.69, 9.17) is 4.74 Å². The minimum Gasteiger partial charge on any atom is -0.508 e. The number of hydrogen-bond acceptors (Lipinski definition) is 5. The normalized spacial score (nSPS) is 16.2. The predicted octanol–water partition coefficient (Wildman–Crippen LogP) is 5.25. The second kappa shape index (κ2) is 7.61. The molecule has 0 saturated heterocycles. The van der Waals surface area contributed by atoms with E-state index in [1.165, 1.54) is 12.1 Å². The second-order valence-electron chi connectivity index (χ2n) is 8.13. The van der Waals surface area contributed by atoms with Crippen LogP contribution < -0.4 is 15.0 Å². The van der Waals surface area contributed by atoms with E-state index in [9.17, 15) is 9.50 Å². The Balaban J connectivity index is 1.44. The van der Waals surface area contributed by atoms with Crippen LogP contribution in [0.5, 0.6) is 5.75 Å². The van der Waals surface area contributed by atoms with Gasteiger partial charge in [-0.25, -0.2) is 9.37 Å². The number of fused-ring (bicyclic) bond motifs is 1. The Morgan fingerprint density at radius 2 is 1.87 bits per heavy atom. The Morgan fingerprint density at radius 1 is 1.13 bits per heavy atom. The van der Waals surface area contributed by atoms with Crippen molar-refractivity contribution in [2.75, 3.05) is 23.4 Å². The summed E-state index contributed by atoms with van der Waals surface area (Å²) in [5.74, 6) is 1.42. The van der Waals surface area contributed by atoms with Crippen LogP contribution in [0.4, 0.5) is 15.9 Å². The molecule has 2 N–H and O–H groups in total. The topological polar surface area (TPSA) is 57.6 Å². The number of nitrogens with one attached hydrogen (secondary N) is 1. The number of pyridine rings is 1. The quantitative estimate of drug-likeness (QED) is 0.537. The molecule has 2 aromatic carbocycles. The highest BCUT2D eigenvalue weighted by Crippen LogP contribution is 2.50. The van der Waals surface area contributed by atoms with Crippen molar-refractivity contribution in [3.8, 4) is 5.75 Å². The van der Waals surface area contributed by atoms with E-state index in [1.54, 1.807) is 6.20 Å². The fourth-order valence-electron chi connectivity index (χ4n) is 4.11. The fourth-order valence-corrected chi connectivity index (χ4v) is 4.11. The van der Waals surface area contributed by atoms with Gasteiger partial charge in [-0.3, -0.25) is 0 Å². The summed E-state index contributed by atoms with van der Waals surface area (Å²) >= 11 is 0. The van der Waals surface area contributed by atoms with Crippen LogP contribution in [0.15, 0.2) is 67.4 Å². The summed E-state index contributed by atoms with van der Waals surface area (Å²) in [5, 5.41) is 13.3. The SMILES string of the molecule is C=C(O)c1ccc(C2(Nc3nccc4c3N(Cc3ccc(F)cc3)CCO4)CC2)cc1. The Morgan fingerprint density at radius 3 is 2.55 bits per heavy atom. The number of aromatic nitrogens is 1. The molecule has 0 radical (unpaired) electrons. The predicted molar refractivity (Wildman–Crippen MR) is 120 cm³/mol. The van der Waals surface area contributed by atoms with Gasteiger partial charge in [0.1, 0.15) is 29.6 Å². The van der Waals surface area contributed by atoms with Crippen LogP contribution in [0.25, 0.3) is 5.76 Å². The van der Waals surface area contributed by atoms with Crippen LogP contribution in [0.1, 0.15) is 29.5 Å². The molecule has 0 unspecified atom stereocenters. The third-order valence-corrected chi connectivity index (χ3v) is 5.99. The molecule has 0 atom stereocenters. The van der Waals surface area contributed by atoms with Crippen molar-refractivity contribution in [1.82, 2.24) is 4.98 Å². The molecule has 1 aliphatic heterocycles. The van der Waals surface area contributed by atoms with E-state index in [0.717, 1.165) is 47.8 Å². The molecule has 0 amide bonds. The second-order valence-corrected chi connectivity index (χ2v) is 8.13. The Hall–Kier alpha value is -3.54. The molecule has 2 aliphatic rings. The van der Waals surface area contributed by atoms with Gasteiger partial charge in [0.2, 0.25) is 0 Å². The average molecular weight is 417 g/mol. The van der Waals surface area contributed by atoms with Crippen LogP contribution >= 0.6 is 0 Å². The molecule has 1 saturated carbocycles. The summed E-state index contributed by atoms with van der Waals surface area (Å²) < 4.78 is 19.2. The highest BCUT2D eigenvalue weighted by atomic mass is 19.1. The van der Waals surface area contributed by atoms with Crippen LogP contribution in [0.2, 0.25) is 0 Å². The van der Waals surface area contributed by atoms with Gasteiger partial charge >= 0.3 is 0 Å². The van der Waals surface area contributed by atoms with E-state index in [2.05, 4.69) is 21.8 Å². The number of anilines is 2. The molecule has 6 heteroatoms. The molecule has 5 rings (SSSR count). The number of benzene rings is 2. The summed E-state index contributed by atoms with van der Waals surface area (Å²) in [6.07, 6.45) is 3.75. The smallest absolute Gasteiger partial charge is 0.154 e. The van der Waals surface area contributed by atoms with Crippen molar-refractivity contribution < 1.29 is 14.2 Å².